The van der Waals surface area contributed by atoms with Gasteiger partial charge in [0.15, 0.2) is 0 Å². The minimum Gasteiger partial charge on any atom is -0.149 e. The predicted molar refractivity (Wildman–Crippen MR) is 64.2 cm³/mol. The molecule has 0 unspecified atom stereocenters. The van der Waals surface area contributed by atoms with Gasteiger partial charge in [-0.2, -0.15) is 0 Å². The second-order valence-corrected chi connectivity index (χ2v) is 8.63. The highest BCUT2D eigenvalue weighted by molar-refractivity contribution is 7.09. The molecule has 0 saturated heterocycles. The molecule has 0 aliphatic rings. The third-order valence-electron chi connectivity index (χ3n) is 2.77. The van der Waals surface area contributed by atoms with Crippen molar-refractivity contribution in [3.05, 3.63) is 22.4 Å². The molecule has 1 aromatic rings. The van der Waals surface area contributed by atoms with Gasteiger partial charge >= 0.3 is 0 Å². The van der Waals surface area contributed by atoms with Crippen molar-refractivity contribution >= 4 is 25.5 Å². The first-order valence-corrected chi connectivity index (χ1v) is 8.72. The normalized spacial score (nSPS) is 10.3. The predicted octanol–water partition coefficient (Wildman–Crippen LogP) is 4.22. The fourth-order valence-corrected chi connectivity index (χ4v) is 4.64. The molecule has 0 aliphatic carbocycles. The van der Waals surface area contributed by atoms with Crippen molar-refractivity contribution in [2.24, 2.45) is 0 Å². The van der Waals surface area contributed by atoms with Crippen LogP contribution in [0.4, 0.5) is 0 Å². The standard InChI is InChI=1S/C7H9S.2C2H5.Al/c1-2-4-7-5-3-6-8-7;2*1-2;/h3,5-6H,1-2,4H2;2*1H2,2H3;. The molecule has 1 aromatic heterocycles. The molecule has 0 saturated carbocycles. The molecule has 0 bridgehead atoms. The number of hydrogen-bond acceptors (Lipinski definition) is 1. The van der Waals surface area contributed by atoms with Crippen LogP contribution < -0.4 is 0 Å². The molecule has 0 aliphatic heterocycles. The van der Waals surface area contributed by atoms with Crippen LogP contribution in [0.5, 0.6) is 0 Å². The van der Waals surface area contributed by atoms with E-state index in [-0.39, 0.29) is 14.1 Å². The van der Waals surface area contributed by atoms with E-state index >= 15 is 0 Å². The Kier molecular flexibility index (Phi) is 5.79. The third-order valence-corrected chi connectivity index (χ3v) is 7.24. The monoisotopic (exact) mass is 210 g/mol. The molecule has 0 nitrogen and oxygen atoms in total. The maximum atomic E-state index is 2.37. The van der Waals surface area contributed by atoms with E-state index in [0.717, 1.165) is 0 Å². The summed E-state index contributed by atoms with van der Waals surface area (Å²) in [5, 5.41) is 6.71. The summed E-state index contributed by atoms with van der Waals surface area (Å²) in [6.07, 6.45) is 2.75. The van der Waals surface area contributed by atoms with Gasteiger partial charge in [-0.1, -0.05) is 42.2 Å². The van der Waals surface area contributed by atoms with Gasteiger partial charge in [0, 0.05) is 4.88 Å². The average molecular weight is 210 g/mol. The first-order valence-electron chi connectivity index (χ1n) is 5.39. The van der Waals surface area contributed by atoms with E-state index in [2.05, 4.69) is 31.4 Å². The maximum Gasteiger partial charge on any atom is 0.261 e. The Morgan fingerprint density at radius 1 is 1.31 bits per heavy atom. The first-order chi connectivity index (χ1) is 6.36. The van der Waals surface area contributed by atoms with Crippen molar-refractivity contribution in [2.45, 2.75) is 42.5 Å². The molecule has 1 rings (SSSR count). The van der Waals surface area contributed by atoms with E-state index in [0.29, 0.717) is 0 Å². The quantitative estimate of drug-likeness (QED) is 0.617. The SMILES string of the molecule is C[CH2][Al]([CH2]C)[CH2]CCc1cccs1. The van der Waals surface area contributed by atoms with Crippen LogP contribution in [0.15, 0.2) is 17.5 Å². The number of rotatable bonds is 6. The molecule has 0 atom stereocenters. The summed E-state index contributed by atoms with van der Waals surface area (Å²) >= 11 is 1.60. The molecule has 0 amide bonds. The molecule has 0 aromatic carbocycles. The van der Waals surface area contributed by atoms with Crippen molar-refractivity contribution in [1.82, 2.24) is 0 Å². The Morgan fingerprint density at radius 2 is 2.08 bits per heavy atom. The summed E-state index contributed by atoms with van der Waals surface area (Å²) in [6, 6.07) is 4.42. The zero-order chi connectivity index (χ0) is 9.52. The lowest BCUT2D eigenvalue weighted by molar-refractivity contribution is 0.916. The van der Waals surface area contributed by atoms with Crippen LogP contribution in [0.25, 0.3) is 0 Å². The summed E-state index contributed by atoms with van der Waals surface area (Å²) in [5.41, 5.74) is 0. The largest absolute Gasteiger partial charge is 0.261 e. The molecule has 0 radical (unpaired) electrons. The van der Waals surface area contributed by atoms with E-state index in [1.165, 1.54) is 23.4 Å². The van der Waals surface area contributed by atoms with Crippen LogP contribution in [0.3, 0.4) is 0 Å². The summed E-state index contributed by atoms with van der Waals surface area (Å²) in [4.78, 5) is 1.57. The number of thiophene rings is 1. The van der Waals surface area contributed by atoms with Crippen LogP contribution in [0, 0.1) is 0 Å². The van der Waals surface area contributed by atoms with Gasteiger partial charge in [-0.05, 0) is 17.9 Å². The minimum absolute atomic E-state index is 0.310. The van der Waals surface area contributed by atoms with Gasteiger partial charge in [0.05, 0.1) is 0 Å². The van der Waals surface area contributed by atoms with E-state index < -0.39 is 0 Å². The Bertz CT molecular complexity index is 202. The van der Waals surface area contributed by atoms with Gasteiger partial charge < -0.3 is 0 Å². The van der Waals surface area contributed by atoms with Crippen LogP contribution in [0.2, 0.25) is 15.8 Å². The highest BCUT2D eigenvalue weighted by Crippen LogP contribution is 2.15. The second kappa shape index (κ2) is 6.65. The van der Waals surface area contributed by atoms with E-state index in [9.17, 15) is 0 Å². The third kappa shape index (κ3) is 4.31. The molecule has 0 spiro atoms. The Balaban J connectivity index is 2.13. The fourth-order valence-electron chi connectivity index (χ4n) is 1.72. The highest BCUT2D eigenvalue weighted by atomic mass is 32.1. The summed E-state index contributed by atoms with van der Waals surface area (Å²) in [5.74, 6) is 0. The van der Waals surface area contributed by atoms with Crippen molar-refractivity contribution in [1.29, 1.82) is 0 Å². The summed E-state index contributed by atoms with van der Waals surface area (Å²) in [7, 11) is 0. The molecule has 2 heteroatoms. The fraction of sp³-hybridized carbons (Fsp3) is 0.636. The zero-order valence-corrected chi connectivity index (χ0v) is 10.7. The molecule has 1 heterocycles. The van der Waals surface area contributed by atoms with Crippen LogP contribution in [-0.4, -0.2) is 14.1 Å². The number of hydrogen-bond donors (Lipinski definition) is 0. The van der Waals surface area contributed by atoms with E-state index in [1.54, 1.807) is 10.2 Å². The zero-order valence-electron chi connectivity index (χ0n) is 8.75. The molecule has 13 heavy (non-hydrogen) atoms. The van der Waals surface area contributed by atoms with Crippen molar-refractivity contribution in [3.8, 4) is 0 Å². The lowest BCUT2D eigenvalue weighted by Gasteiger charge is -2.04. The summed E-state index contributed by atoms with van der Waals surface area (Å²) < 4.78 is 0. The average Bonchev–Trinajstić information content (AvgIpc) is 2.65. The van der Waals surface area contributed by atoms with Crippen LogP contribution >= 0.6 is 11.3 Å². The van der Waals surface area contributed by atoms with Gasteiger partial charge in [0.1, 0.15) is 0 Å². The molecule has 0 N–H and O–H groups in total. The van der Waals surface area contributed by atoms with Crippen molar-refractivity contribution < 1.29 is 0 Å². The van der Waals surface area contributed by atoms with Gasteiger partial charge in [-0.15, -0.1) is 11.3 Å². The van der Waals surface area contributed by atoms with Gasteiger partial charge in [0.25, 0.3) is 14.1 Å². The van der Waals surface area contributed by atoms with Gasteiger partial charge in [-0.3, -0.25) is 0 Å². The second-order valence-electron chi connectivity index (χ2n) is 3.65. The van der Waals surface area contributed by atoms with Crippen LogP contribution in [-0.2, 0) is 6.42 Å². The Morgan fingerprint density at radius 3 is 2.62 bits per heavy atom. The Labute approximate surface area is 90.4 Å². The van der Waals surface area contributed by atoms with Gasteiger partial charge in [0.2, 0.25) is 0 Å². The van der Waals surface area contributed by atoms with E-state index in [1.807, 2.05) is 11.3 Å². The molecule has 0 fully saturated rings. The van der Waals surface area contributed by atoms with Crippen molar-refractivity contribution in [2.75, 3.05) is 0 Å². The minimum atomic E-state index is -0.310. The molecule has 72 valence electrons. The first kappa shape index (κ1) is 11.3. The summed E-state index contributed by atoms with van der Waals surface area (Å²) in [6.45, 7) is 4.73. The van der Waals surface area contributed by atoms with Gasteiger partial charge in [-0.25, -0.2) is 0 Å². The van der Waals surface area contributed by atoms with Crippen LogP contribution in [0.1, 0.15) is 25.1 Å². The topological polar surface area (TPSA) is 0 Å². The smallest absolute Gasteiger partial charge is 0.149 e. The lowest BCUT2D eigenvalue weighted by Crippen LogP contribution is -2.08. The van der Waals surface area contributed by atoms with E-state index in [4.69, 9.17) is 0 Å². The lowest BCUT2D eigenvalue weighted by atomic mass is 10.3. The Hall–Kier alpha value is 0.232. The highest BCUT2D eigenvalue weighted by Gasteiger charge is 2.10. The maximum absolute atomic E-state index is 2.37. The molecular formula is C11H19AlS. The van der Waals surface area contributed by atoms with Crippen molar-refractivity contribution in [3.63, 3.8) is 0 Å². The number of aryl methyl sites for hydroxylation is 1. The molecular weight excluding hydrogens is 191 g/mol.